The van der Waals surface area contributed by atoms with E-state index in [-0.39, 0.29) is 29.5 Å². The van der Waals surface area contributed by atoms with Crippen LogP contribution in [0.4, 0.5) is 5.69 Å². The Labute approximate surface area is 178 Å². The molecule has 0 spiro atoms. The summed E-state index contributed by atoms with van der Waals surface area (Å²) in [5.74, 6) is -1.06. The zero-order valence-electron chi connectivity index (χ0n) is 17.6. The van der Waals surface area contributed by atoms with Crippen LogP contribution in [-0.4, -0.2) is 81.5 Å². The number of amides is 1. The van der Waals surface area contributed by atoms with Gasteiger partial charge in [-0.25, -0.2) is 17.5 Å². The lowest BCUT2D eigenvalue weighted by Gasteiger charge is -2.24. The van der Waals surface area contributed by atoms with Crippen molar-refractivity contribution in [3.05, 3.63) is 23.8 Å². The largest absolute Gasteiger partial charge is 0.452 e. The highest BCUT2D eigenvalue weighted by Crippen LogP contribution is 2.23. The minimum atomic E-state index is -3.75. The molecule has 1 heterocycles. The second-order valence-corrected chi connectivity index (χ2v) is 9.52. The molecule has 0 bridgehead atoms. The minimum absolute atomic E-state index is 0.00755. The minimum Gasteiger partial charge on any atom is -0.452 e. The maximum Gasteiger partial charge on any atom is 0.340 e. The van der Waals surface area contributed by atoms with Crippen molar-refractivity contribution < 1.29 is 27.9 Å². The van der Waals surface area contributed by atoms with E-state index in [1.807, 2.05) is 0 Å². The molecule has 1 aliphatic rings. The van der Waals surface area contributed by atoms with Crippen LogP contribution in [0.5, 0.6) is 0 Å². The van der Waals surface area contributed by atoms with Gasteiger partial charge in [0.1, 0.15) is 0 Å². The topological polar surface area (TPSA) is 116 Å². The summed E-state index contributed by atoms with van der Waals surface area (Å²) in [4.78, 5) is 26.8. The first-order chi connectivity index (χ1) is 14.3. The molecule has 0 unspecified atom stereocenters. The molecule has 1 saturated heterocycles. The molecule has 10 heteroatoms. The van der Waals surface area contributed by atoms with E-state index in [2.05, 4.69) is 5.32 Å². The van der Waals surface area contributed by atoms with Crippen molar-refractivity contribution in [3.8, 4) is 0 Å². The Morgan fingerprint density at radius 2 is 1.77 bits per heavy atom. The highest BCUT2D eigenvalue weighted by Gasteiger charge is 2.23. The number of nitrogens with zero attached hydrogens (tertiary/aromatic N) is 2. The molecule has 30 heavy (non-hydrogen) atoms. The molecule has 1 fully saturated rings. The summed E-state index contributed by atoms with van der Waals surface area (Å²) < 4.78 is 31.1. The summed E-state index contributed by atoms with van der Waals surface area (Å²) in [6.07, 6.45) is 5.19. The number of aliphatic hydroxyl groups excluding tert-OH is 1. The number of rotatable bonds is 8. The van der Waals surface area contributed by atoms with E-state index in [0.717, 1.165) is 30.0 Å². The van der Waals surface area contributed by atoms with Crippen molar-refractivity contribution in [1.82, 2.24) is 9.21 Å². The zero-order valence-corrected chi connectivity index (χ0v) is 18.4. The van der Waals surface area contributed by atoms with Crippen LogP contribution in [0.1, 0.15) is 42.5 Å². The second kappa shape index (κ2) is 11.3. The van der Waals surface area contributed by atoms with Gasteiger partial charge in [-0.05, 0) is 31.0 Å². The van der Waals surface area contributed by atoms with Crippen molar-refractivity contribution in [2.75, 3.05) is 52.3 Å². The van der Waals surface area contributed by atoms with Crippen LogP contribution in [0.15, 0.2) is 23.1 Å². The standard InChI is InChI=1S/C20H31N3O6S/c1-22(2)30(27,28)16-8-9-18(21-10-13-24)17(14-16)20(26)29-15-19(25)23-11-6-4-3-5-7-12-23/h8-9,14,21,24H,3-7,10-13,15H2,1-2H3. The van der Waals surface area contributed by atoms with Gasteiger partial charge < -0.3 is 20.1 Å². The molecule has 0 saturated carbocycles. The molecule has 1 amide bonds. The number of sulfonamides is 1. The summed E-state index contributed by atoms with van der Waals surface area (Å²) in [5.41, 5.74) is 0.317. The molecule has 0 atom stereocenters. The molecule has 1 aromatic rings. The smallest absolute Gasteiger partial charge is 0.340 e. The maximum atomic E-state index is 12.7. The van der Waals surface area contributed by atoms with E-state index in [1.54, 1.807) is 4.90 Å². The lowest BCUT2D eigenvalue weighted by Crippen LogP contribution is -2.37. The third-order valence-corrected chi connectivity index (χ3v) is 6.76. The number of esters is 1. The van der Waals surface area contributed by atoms with Gasteiger partial charge in [0.2, 0.25) is 10.0 Å². The number of hydrogen-bond acceptors (Lipinski definition) is 7. The third-order valence-electron chi connectivity index (χ3n) is 4.95. The highest BCUT2D eigenvalue weighted by atomic mass is 32.2. The quantitative estimate of drug-likeness (QED) is 0.584. The Kier molecular flexibility index (Phi) is 9.07. The molecule has 2 rings (SSSR count). The number of likely N-dealkylation sites (tertiary alicyclic amines) is 1. The Morgan fingerprint density at radius 3 is 2.37 bits per heavy atom. The monoisotopic (exact) mass is 441 g/mol. The summed E-state index contributed by atoms with van der Waals surface area (Å²) in [6.45, 7) is 0.905. The van der Waals surface area contributed by atoms with Gasteiger partial charge in [-0.1, -0.05) is 19.3 Å². The molecule has 0 radical (unpaired) electrons. The number of hydrogen-bond donors (Lipinski definition) is 2. The van der Waals surface area contributed by atoms with E-state index in [4.69, 9.17) is 9.84 Å². The van der Waals surface area contributed by atoms with E-state index in [0.29, 0.717) is 18.8 Å². The number of nitrogens with one attached hydrogen (secondary N) is 1. The molecule has 9 nitrogen and oxygen atoms in total. The molecule has 0 aromatic heterocycles. The van der Waals surface area contributed by atoms with Gasteiger partial charge in [0, 0.05) is 39.4 Å². The van der Waals surface area contributed by atoms with Crippen molar-refractivity contribution in [2.45, 2.75) is 37.0 Å². The van der Waals surface area contributed by atoms with Gasteiger partial charge in [0.25, 0.3) is 5.91 Å². The molecule has 2 N–H and O–H groups in total. The second-order valence-electron chi connectivity index (χ2n) is 7.37. The first-order valence-corrected chi connectivity index (χ1v) is 11.6. The average molecular weight is 442 g/mol. The van der Waals surface area contributed by atoms with E-state index >= 15 is 0 Å². The SMILES string of the molecule is CN(C)S(=O)(=O)c1ccc(NCCO)c(C(=O)OCC(=O)N2CCCCCCC2)c1. The Bertz CT molecular complexity index is 833. The predicted molar refractivity (Wildman–Crippen MR) is 113 cm³/mol. The fourth-order valence-corrected chi connectivity index (χ4v) is 4.13. The first kappa shape index (κ1) is 24.1. The van der Waals surface area contributed by atoms with Crippen LogP contribution in [0, 0.1) is 0 Å². The van der Waals surface area contributed by atoms with Crippen LogP contribution >= 0.6 is 0 Å². The number of anilines is 1. The third kappa shape index (κ3) is 6.41. The molecule has 1 aromatic carbocycles. The predicted octanol–water partition coefficient (Wildman–Crippen LogP) is 1.29. The molecule has 1 aliphatic heterocycles. The number of carbonyl (C=O) groups excluding carboxylic acids is 2. The number of benzene rings is 1. The number of carbonyl (C=O) groups is 2. The zero-order chi connectivity index (χ0) is 22.1. The fourth-order valence-electron chi connectivity index (χ4n) is 3.20. The Balaban J connectivity index is 2.15. The van der Waals surface area contributed by atoms with Crippen molar-refractivity contribution in [2.24, 2.45) is 0 Å². The maximum absolute atomic E-state index is 12.7. The van der Waals surface area contributed by atoms with Gasteiger partial charge in [-0.15, -0.1) is 0 Å². The summed E-state index contributed by atoms with van der Waals surface area (Å²) in [6, 6.07) is 4.04. The van der Waals surface area contributed by atoms with E-state index in [9.17, 15) is 18.0 Å². The Hall–Kier alpha value is -2.17. The van der Waals surface area contributed by atoms with Crippen LogP contribution in [0.25, 0.3) is 0 Å². The lowest BCUT2D eigenvalue weighted by molar-refractivity contribution is -0.134. The summed E-state index contributed by atoms with van der Waals surface area (Å²) in [7, 11) is -0.961. The van der Waals surface area contributed by atoms with Gasteiger partial charge >= 0.3 is 5.97 Å². The van der Waals surface area contributed by atoms with E-state index in [1.165, 1.54) is 38.7 Å². The highest BCUT2D eigenvalue weighted by molar-refractivity contribution is 7.89. The first-order valence-electron chi connectivity index (χ1n) is 10.1. The van der Waals surface area contributed by atoms with Crippen LogP contribution in [-0.2, 0) is 19.6 Å². The molecule has 168 valence electrons. The number of ether oxygens (including phenoxy) is 1. The molecular weight excluding hydrogens is 410 g/mol. The van der Waals surface area contributed by atoms with Crippen LogP contribution in [0.3, 0.4) is 0 Å². The van der Waals surface area contributed by atoms with Crippen LogP contribution in [0.2, 0.25) is 0 Å². The van der Waals surface area contributed by atoms with Gasteiger partial charge in [0.05, 0.1) is 17.1 Å². The normalized spacial score (nSPS) is 15.4. The summed E-state index contributed by atoms with van der Waals surface area (Å²) >= 11 is 0. The van der Waals surface area contributed by atoms with Crippen LogP contribution < -0.4 is 5.32 Å². The van der Waals surface area contributed by atoms with Crippen molar-refractivity contribution in [1.29, 1.82) is 0 Å². The van der Waals surface area contributed by atoms with Gasteiger partial charge in [-0.3, -0.25) is 4.79 Å². The van der Waals surface area contributed by atoms with Crippen molar-refractivity contribution in [3.63, 3.8) is 0 Å². The van der Waals surface area contributed by atoms with Crippen molar-refractivity contribution >= 4 is 27.6 Å². The Morgan fingerprint density at radius 1 is 1.13 bits per heavy atom. The summed E-state index contributed by atoms with van der Waals surface area (Å²) in [5, 5.41) is 11.9. The van der Waals surface area contributed by atoms with E-state index < -0.39 is 22.6 Å². The van der Waals surface area contributed by atoms with Gasteiger partial charge in [0.15, 0.2) is 6.61 Å². The lowest BCUT2D eigenvalue weighted by atomic mass is 10.1. The molecular formula is C20H31N3O6S. The fraction of sp³-hybridized carbons (Fsp3) is 0.600. The molecule has 0 aliphatic carbocycles. The van der Waals surface area contributed by atoms with Gasteiger partial charge in [-0.2, -0.15) is 0 Å². The number of aliphatic hydroxyl groups is 1. The average Bonchev–Trinajstić information content (AvgIpc) is 2.69.